The third-order valence-electron chi connectivity index (χ3n) is 2.42. The summed E-state index contributed by atoms with van der Waals surface area (Å²) < 4.78 is 13.0. The lowest BCUT2D eigenvalue weighted by Gasteiger charge is -2.18. The molecule has 0 aromatic heterocycles. The van der Waals surface area contributed by atoms with Gasteiger partial charge in [-0.1, -0.05) is 13.8 Å². The molecule has 2 heteroatoms. The summed E-state index contributed by atoms with van der Waals surface area (Å²) in [5.41, 5.74) is 2.95. The molecular formula is C12H16ClF. The second kappa shape index (κ2) is 4.31. The third kappa shape index (κ3) is 2.27. The number of halogens is 2. The largest absolute Gasteiger partial charge is 0.207 e. The lowest BCUT2D eigenvalue weighted by molar-refractivity contribution is 0.605. The molecule has 0 aliphatic heterocycles. The minimum absolute atomic E-state index is 0.0319. The van der Waals surface area contributed by atoms with Gasteiger partial charge in [0.15, 0.2) is 0 Å². The molecule has 0 radical (unpaired) electrons. The van der Waals surface area contributed by atoms with Gasteiger partial charge in [0.25, 0.3) is 0 Å². The normalized spacial score (nSPS) is 13.4. The quantitative estimate of drug-likeness (QED) is 0.641. The van der Waals surface area contributed by atoms with Crippen LogP contribution < -0.4 is 0 Å². The van der Waals surface area contributed by atoms with Gasteiger partial charge in [0, 0.05) is 0 Å². The van der Waals surface area contributed by atoms with Crippen LogP contribution in [0, 0.1) is 25.6 Å². The molecule has 0 N–H and O–H groups in total. The van der Waals surface area contributed by atoms with Crippen molar-refractivity contribution in [3.8, 4) is 0 Å². The average molecular weight is 215 g/mol. The Morgan fingerprint density at radius 3 is 1.93 bits per heavy atom. The Morgan fingerprint density at radius 1 is 1.14 bits per heavy atom. The van der Waals surface area contributed by atoms with Crippen molar-refractivity contribution in [2.45, 2.75) is 33.1 Å². The number of benzene rings is 1. The molecule has 78 valence electrons. The van der Waals surface area contributed by atoms with E-state index in [0.29, 0.717) is 5.92 Å². The Kier molecular flexibility index (Phi) is 3.54. The van der Waals surface area contributed by atoms with Gasteiger partial charge in [0.05, 0.1) is 5.38 Å². The minimum atomic E-state index is -0.184. The summed E-state index contributed by atoms with van der Waals surface area (Å²) in [5, 5.41) is -0.0319. The highest BCUT2D eigenvalue weighted by molar-refractivity contribution is 6.21. The average Bonchev–Trinajstić information content (AvgIpc) is 2.01. The van der Waals surface area contributed by atoms with E-state index in [2.05, 4.69) is 13.8 Å². The molecule has 1 rings (SSSR count). The van der Waals surface area contributed by atoms with Crippen molar-refractivity contribution >= 4 is 11.6 Å². The molecule has 0 saturated heterocycles. The van der Waals surface area contributed by atoms with Crippen LogP contribution in [0.3, 0.4) is 0 Å². The summed E-state index contributed by atoms with van der Waals surface area (Å²) in [7, 11) is 0. The van der Waals surface area contributed by atoms with Crippen molar-refractivity contribution in [2.24, 2.45) is 5.92 Å². The molecule has 0 amide bonds. The molecule has 1 aromatic carbocycles. The van der Waals surface area contributed by atoms with Crippen LogP contribution in [-0.2, 0) is 0 Å². The van der Waals surface area contributed by atoms with Crippen molar-refractivity contribution in [1.82, 2.24) is 0 Å². The molecule has 0 spiro atoms. The second-order valence-corrected chi connectivity index (χ2v) is 4.57. The summed E-state index contributed by atoms with van der Waals surface area (Å²) in [6.07, 6.45) is 0. The predicted octanol–water partition coefficient (Wildman–Crippen LogP) is 4.38. The van der Waals surface area contributed by atoms with Crippen LogP contribution in [0.4, 0.5) is 4.39 Å². The summed E-state index contributed by atoms with van der Waals surface area (Å²) in [4.78, 5) is 0. The predicted molar refractivity (Wildman–Crippen MR) is 59.3 cm³/mol. The molecule has 0 fully saturated rings. The van der Waals surface area contributed by atoms with Crippen molar-refractivity contribution in [3.63, 3.8) is 0 Å². The van der Waals surface area contributed by atoms with Gasteiger partial charge in [-0.2, -0.15) is 0 Å². The Balaban J connectivity index is 3.20. The maximum absolute atomic E-state index is 13.0. The van der Waals surface area contributed by atoms with E-state index in [-0.39, 0.29) is 11.2 Å². The molecule has 0 saturated carbocycles. The van der Waals surface area contributed by atoms with Gasteiger partial charge >= 0.3 is 0 Å². The van der Waals surface area contributed by atoms with Crippen LogP contribution in [0.25, 0.3) is 0 Å². The van der Waals surface area contributed by atoms with E-state index in [0.717, 1.165) is 16.7 Å². The van der Waals surface area contributed by atoms with E-state index in [4.69, 9.17) is 11.6 Å². The van der Waals surface area contributed by atoms with Crippen LogP contribution in [0.1, 0.15) is 35.9 Å². The maximum atomic E-state index is 13.0. The first kappa shape index (κ1) is 11.5. The number of hydrogen-bond donors (Lipinski definition) is 0. The van der Waals surface area contributed by atoms with E-state index in [1.807, 2.05) is 13.8 Å². The molecule has 0 aliphatic rings. The number of aryl methyl sites for hydroxylation is 2. The van der Waals surface area contributed by atoms with Crippen LogP contribution in [0.2, 0.25) is 0 Å². The van der Waals surface area contributed by atoms with Gasteiger partial charge in [0.2, 0.25) is 0 Å². The SMILES string of the molecule is Cc1cc(F)cc(C)c1C(Cl)C(C)C. The van der Waals surface area contributed by atoms with Gasteiger partial charge in [-0.15, -0.1) is 11.6 Å². The fraction of sp³-hybridized carbons (Fsp3) is 0.500. The highest BCUT2D eigenvalue weighted by Crippen LogP contribution is 2.33. The molecule has 0 bridgehead atoms. The van der Waals surface area contributed by atoms with E-state index >= 15 is 0 Å². The zero-order valence-corrected chi connectivity index (χ0v) is 9.82. The summed E-state index contributed by atoms with van der Waals surface area (Å²) >= 11 is 6.28. The van der Waals surface area contributed by atoms with Gasteiger partial charge < -0.3 is 0 Å². The molecule has 0 nitrogen and oxygen atoms in total. The zero-order chi connectivity index (χ0) is 10.9. The van der Waals surface area contributed by atoms with Crippen molar-refractivity contribution in [3.05, 3.63) is 34.6 Å². The first-order valence-corrected chi connectivity index (χ1v) is 5.28. The van der Waals surface area contributed by atoms with Gasteiger partial charge in [0.1, 0.15) is 5.82 Å². The van der Waals surface area contributed by atoms with Crippen LogP contribution >= 0.6 is 11.6 Å². The van der Waals surface area contributed by atoms with Crippen molar-refractivity contribution < 1.29 is 4.39 Å². The van der Waals surface area contributed by atoms with E-state index in [9.17, 15) is 4.39 Å². The van der Waals surface area contributed by atoms with E-state index in [1.54, 1.807) is 12.1 Å². The second-order valence-electron chi connectivity index (χ2n) is 4.10. The zero-order valence-electron chi connectivity index (χ0n) is 9.07. The number of alkyl halides is 1. The highest BCUT2D eigenvalue weighted by atomic mass is 35.5. The lowest BCUT2D eigenvalue weighted by atomic mass is 9.94. The minimum Gasteiger partial charge on any atom is -0.207 e. The molecule has 1 aromatic rings. The molecule has 14 heavy (non-hydrogen) atoms. The smallest absolute Gasteiger partial charge is 0.123 e. The van der Waals surface area contributed by atoms with Crippen LogP contribution in [-0.4, -0.2) is 0 Å². The van der Waals surface area contributed by atoms with Crippen molar-refractivity contribution in [1.29, 1.82) is 0 Å². The topological polar surface area (TPSA) is 0 Å². The fourth-order valence-corrected chi connectivity index (χ4v) is 2.03. The molecule has 0 aliphatic carbocycles. The Labute approximate surface area is 90.1 Å². The third-order valence-corrected chi connectivity index (χ3v) is 3.14. The molecule has 1 atom stereocenters. The number of rotatable bonds is 2. The summed E-state index contributed by atoms with van der Waals surface area (Å²) in [6.45, 7) is 7.95. The first-order chi connectivity index (χ1) is 6.43. The Hall–Kier alpha value is -0.560. The summed E-state index contributed by atoms with van der Waals surface area (Å²) in [6, 6.07) is 3.08. The fourth-order valence-electron chi connectivity index (χ4n) is 1.69. The van der Waals surface area contributed by atoms with E-state index < -0.39 is 0 Å². The highest BCUT2D eigenvalue weighted by Gasteiger charge is 2.17. The molecule has 1 unspecified atom stereocenters. The van der Waals surface area contributed by atoms with Gasteiger partial charge in [-0.05, 0) is 48.6 Å². The Bertz CT molecular complexity index is 308. The van der Waals surface area contributed by atoms with Crippen LogP contribution in [0.15, 0.2) is 12.1 Å². The van der Waals surface area contributed by atoms with Gasteiger partial charge in [-0.3, -0.25) is 0 Å². The first-order valence-electron chi connectivity index (χ1n) is 4.84. The maximum Gasteiger partial charge on any atom is 0.123 e. The lowest BCUT2D eigenvalue weighted by Crippen LogP contribution is -2.04. The number of hydrogen-bond acceptors (Lipinski definition) is 0. The van der Waals surface area contributed by atoms with Crippen molar-refractivity contribution in [2.75, 3.05) is 0 Å². The molecular weight excluding hydrogens is 199 g/mol. The van der Waals surface area contributed by atoms with E-state index in [1.165, 1.54) is 0 Å². The monoisotopic (exact) mass is 214 g/mol. The Morgan fingerprint density at radius 2 is 1.57 bits per heavy atom. The standard InChI is InChI=1S/C12H16ClF/c1-7(2)12(13)11-8(3)5-10(14)6-9(11)4/h5-7,12H,1-4H3. The molecule has 0 heterocycles. The summed E-state index contributed by atoms with van der Waals surface area (Å²) in [5.74, 6) is 0.177. The van der Waals surface area contributed by atoms with Crippen LogP contribution in [0.5, 0.6) is 0 Å². The van der Waals surface area contributed by atoms with Gasteiger partial charge in [-0.25, -0.2) is 4.39 Å².